The molecule has 114 valence electrons. The Morgan fingerprint density at radius 1 is 1.38 bits per heavy atom. The normalized spacial score (nSPS) is 11.9. The molecule has 1 rings (SSSR count). The highest BCUT2D eigenvalue weighted by atomic mass is 19.1. The summed E-state index contributed by atoms with van der Waals surface area (Å²) in [4.78, 5) is 14.0. The van der Waals surface area contributed by atoms with E-state index in [-0.39, 0.29) is 12.5 Å². The van der Waals surface area contributed by atoms with Gasteiger partial charge in [-0.3, -0.25) is 4.79 Å². The predicted molar refractivity (Wildman–Crippen MR) is 79.6 cm³/mol. The summed E-state index contributed by atoms with van der Waals surface area (Å²) in [5.74, 6) is -0.602. The van der Waals surface area contributed by atoms with Gasteiger partial charge in [-0.2, -0.15) is 5.26 Å². The zero-order valence-corrected chi connectivity index (χ0v) is 13.2. The lowest BCUT2D eigenvalue weighted by Crippen LogP contribution is -2.55. The highest BCUT2D eigenvalue weighted by molar-refractivity contribution is 5.83. The molecule has 0 atom stereocenters. The number of nitriles is 1. The summed E-state index contributed by atoms with van der Waals surface area (Å²) in [7, 11) is 1.61. The first kappa shape index (κ1) is 17.1. The number of amides is 1. The van der Waals surface area contributed by atoms with Crippen LogP contribution in [0.1, 0.15) is 38.8 Å². The fraction of sp³-hybridized carbons (Fsp3) is 0.500. The van der Waals surface area contributed by atoms with E-state index in [2.05, 4.69) is 0 Å². The van der Waals surface area contributed by atoms with Crippen LogP contribution in [0.15, 0.2) is 18.2 Å². The maximum absolute atomic E-state index is 13.8. The van der Waals surface area contributed by atoms with Gasteiger partial charge in [0, 0.05) is 24.7 Å². The van der Waals surface area contributed by atoms with Gasteiger partial charge < -0.3 is 10.6 Å². The van der Waals surface area contributed by atoms with E-state index in [1.165, 1.54) is 23.1 Å². The van der Waals surface area contributed by atoms with E-state index in [1.807, 2.05) is 6.07 Å². The maximum Gasteiger partial charge on any atom is 0.230 e. The Balaban J connectivity index is 2.99. The van der Waals surface area contributed by atoms with E-state index in [0.717, 1.165) is 0 Å². The molecule has 0 aliphatic carbocycles. The number of rotatable bonds is 4. The van der Waals surface area contributed by atoms with Crippen LogP contribution in [0.2, 0.25) is 0 Å². The molecular weight excluding hydrogens is 269 g/mol. The molecule has 5 heteroatoms. The van der Waals surface area contributed by atoms with Crippen LogP contribution >= 0.6 is 0 Å². The number of carbonyl (C=O) groups excluding carboxylic acids is 1. The Kier molecular flexibility index (Phi) is 4.75. The lowest BCUT2D eigenvalue weighted by molar-refractivity contribution is -0.142. The van der Waals surface area contributed by atoms with Crippen LogP contribution in [0.3, 0.4) is 0 Å². The average Bonchev–Trinajstić information content (AvgIpc) is 2.38. The van der Waals surface area contributed by atoms with Crippen molar-refractivity contribution < 1.29 is 9.18 Å². The van der Waals surface area contributed by atoms with Gasteiger partial charge in [-0.05, 0) is 45.9 Å². The fourth-order valence-electron chi connectivity index (χ4n) is 1.85. The molecule has 0 spiro atoms. The van der Waals surface area contributed by atoms with Gasteiger partial charge in [-0.1, -0.05) is 0 Å². The van der Waals surface area contributed by atoms with Crippen LogP contribution in [0, 0.1) is 22.6 Å². The zero-order chi connectivity index (χ0) is 16.4. The minimum absolute atomic E-state index is 0.0969. The molecule has 0 bridgehead atoms. The van der Waals surface area contributed by atoms with Crippen LogP contribution in [0.4, 0.5) is 4.39 Å². The Hall–Kier alpha value is -1.93. The first-order chi connectivity index (χ1) is 9.50. The highest BCUT2D eigenvalue weighted by Gasteiger charge is 2.42. The standard InChI is InChI=1S/C16H22FN3O/c1-15(2,16(3,4)19)14(21)20(5)10-12-8-11(9-18)6-7-13(12)17/h6-8H,10,19H2,1-5H3. The Bertz CT molecular complexity index is 582. The lowest BCUT2D eigenvalue weighted by Gasteiger charge is -2.39. The minimum atomic E-state index is -0.787. The van der Waals surface area contributed by atoms with Crippen molar-refractivity contribution in [3.05, 3.63) is 35.1 Å². The third kappa shape index (κ3) is 3.59. The molecule has 4 nitrogen and oxygen atoms in total. The number of hydrogen-bond acceptors (Lipinski definition) is 3. The summed E-state index contributed by atoms with van der Waals surface area (Å²) < 4.78 is 13.8. The largest absolute Gasteiger partial charge is 0.341 e. The number of nitrogens with two attached hydrogens (primary N) is 1. The highest BCUT2D eigenvalue weighted by Crippen LogP contribution is 2.30. The molecule has 0 aromatic heterocycles. The van der Waals surface area contributed by atoms with Crippen molar-refractivity contribution in [3.63, 3.8) is 0 Å². The molecule has 1 aromatic rings. The fourth-order valence-corrected chi connectivity index (χ4v) is 1.85. The van der Waals surface area contributed by atoms with Gasteiger partial charge in [-0.15, -0.1) is 0 Å². The number of benzene rings is 1. The second kappa shape index (κ2) is 5.82. The summed E-state index contributed by atoms with van der Waals surface area (Å²) >= 11 is 0. The molecule has 0 fully saturated rings. The van der Waals surface area contributed by atoms with Crippen molar-refractivity contribution in [2.24, 2.45) is 11.1 Å². The van der Waals surface area contributed by atoms with Crippen molar-refractivity contribution in [2.75, 3.05) is 7.05 Å². The third-order valence-corrected chi connectivity index (χ3v) is 4.07. The van der Waals surface area contributed by atoms with Crippen molar-refractivity contribution in [1.29, 1.82) is 5.26 Å². The third-order valence-electron chi connectivity index (χ3n) is 4.07. The van der Waals surface area contributed by atoms with Crippen LogP contribution < -0.4 is 5.73 Å². The molecule has 1 amide bonds. The average molecular weight is 291 g/mol. The van der Waals surface area contributed by atoms with Crippen LogP contribution in [-0.4, -0.2) is 23.4 Å². The smallest absolute Gasteiger partial charge is 0.230 e. The Morgan fingerprint density at radius 3 is 2.43 bits per heavy atom. The maximum atomic E-state index is 13.8. The van der Waals surface area contributed by atoms with Gasteiger partial charge in [0.2, 0.25) is 5.91 Å². The van der Waals surface area contributed by atoms with E-state index < -0.39 is 16.8 Å². The van der Waals surface area contributed by atoms with E-state index in [1.54, 1.807) is 34.7 Å². The first-order valence-corrected chi connectivity index (χ1v) is 6.73. The number of nitrogens with zero attached hydrogens (tertiary/aromatic N) is 2. The monoisotopic (exact) mass is 291 g/mol. The molecule has 0 radical (unpaired) electrons. The quantitative estimate of drug-likeness (QED) is 0.926. The second-order valence-corrected chi connectivity index (χ2v) is 6.43. The van der Waals surface area contributed by atoms with E-state index in [4.69, 9.17) is 11.0 Å². The Labute approximate surface area is 125 Å². The topological polar surface area (TPSA) is 70.1 Å². The number of carbonyl (C=O) groups is 1. The van der Waals surface area contributed by atoms with Crippen molar-refractivity contribution in [1.82, 2.24) is 4.90 Å². The number of hydrogen-bond donors (Lipinski definition) is 1. The molecule has 21 heavy (non-hydrogen) atoms. The van der Waals surface area contributed by atoms with Crippen molar-refractivity contribution in [2.45, 2.75) is 39.8 Å². The summed E-state index contributed by atoms with van der Waals surface area (Å²) in [5, 5.41) is 8.86. The van der Waals surface area contributed by atoms with Gasteiger partial charge in [0.25, 0.3) is 0 Å². The minimum Gasteiger partial charge on any atom is -0.341 e. The Morgan fingerprint density at radius 2 is 1.95 bits per heavy atom. The van der Waals surface area contributed by atoms with Gasteiger partial charge >= 0.3 is 0 Å². The van der Waals surface area contributed by atoms with Crippen LogP contribution in [0.5, 0.6) is 0 Å². The molecule has 0 saturated heterocycles. The summed E-state index contributed by atoms with van der Waals surface area (Å²) in [6.45, 7) is 7.22. The molecule has 2 N–H and O–H groups in total. The second-order valence-electron chi connectivity index (χ2n) is 6.43. The predicted octanol–water partition coefficient (Wildman–Crippen LogP) is 2.42. The molecule has 0 unspecified atom stereocenters. The first-order valence-electron chi connectivity index (χ1n) is 6.73. The molecule has 0 aliphatic heterocycles. The van der Waals surface area contributed by atoms with Gasteiger partial charge in [0.05, 0.1) is 17.0 Å². The van der Waals surface area contributed by atoms with Crippen LogP contribution in [0.25, 0.3) is 0 Å². The van der Waals surface area contributed by atoms with Gasteiger partial charge in [0.15, 0.2) is 0 Å². The van der Waals surface area contributed by atoms with Crippen molar-refractivity contribution in [3.8, 4) is 6.07 Å². The SMILES string of the molecule is CN(Cc1cc(C#N)ccc1F)C(=O)C(C)(C)C(C)(C)N. The molecule has 0 aliphatic rings. The van der Waals surface area contributed by atoms with Gasteiger partial charge in [0.1, 0.15) is 5.82 Å². The molecule has 1 aromatic carbocycles. The van der Waals surface area contributed by atoms with Gasteiger partial charge in [-0.25, -0.2) is 4.39 Å². The lowest BCUT2D eigenvalue weighted by atomic mass is 9.74. The summed E-state index contributed by atoms with van der Waals surface area (Å²) in [6.07, 6.45) is 0. The van der Waals surface area contributed by atoms with E-state index in [9.17, 15) is 9.18 Å². The number of halogens is 1. The van der Waals surface area contributed by atoms with E-state index >= 15 is 0 Å². The molecule has 0 saturated carbocycles. The van der Waals surface area contributed by atoms with Crippen LogP contribution in [-0.2, 0) is 11.3 Å². The summed E-state index contributed by atoms with van der Waals surface area (Å²) in [6, 6.07) is 6.07. The van der Waals surface area contributed by atoms with E-state index in [0.29, 0.717) is 11.1 Å². The molecule has 0 heterocycles. The molecular formula is C16H22FN3O. The zero-order valence-electron chi connectivity index (χ0n) is 13.2. The van der Waals surface area contributed by atoms with Crippen molar-refractivity contribution >= 4 is 5.91 Å². The summed E-state index contributed by atoms with van der Waals surface area (Å²) in [5.41, 5.74) is 5.25.